The molecule has 0 spiro atoms. The zero-order chi connectivity index (χ0) is 24.2. The van der Waals surface area contributed by atoms with Gasteiger partial charge in [-0.05, 0) is 55.2 Å². The molecule has 0 saturated carbocycles. The topological polar surface area (TPSA) is 61.0 Å². The number of carbonyl (C=O) groups is 1. The van der Waals surface area contributed by atoms with E-state index in [2.05, 4.69) is 46.4 Å². The molecule has 3 aromatic carbocycles. The second-order valence-corrected chi connectivity index (χ2v) is 10.4. The average Bonchev–Trinajstić information content (AvgIpc) is 3.44. The lowest BCUT2D eigenvalue weighted by molar-refractivity contribution is -0.125. The van der Waals surface area contributed by atoms with E-state index in [9.17, 15) is 9.18 Å². The molecule has 2 heterocycles. The van der Waals surface area contributed by atoms with Gasteiger partial charge in [0.15, 0.2) is 5.16 Å². The van der Waals surface area contributed by atoms with E-state index in [4.69, 9.17) is 4.98 Å². The maximum atomic E-state index is 13.5. The van der Waals surface area contributed by atoms with Crippen molar-refractivity contribution in [2.75, 3.05) is 13.1 Å². The normalized spacial score (nSPS) is 18.2. The Balaban J connectivity index is 1.26. The maximum Gasteiger partial charge on any atom is 0.237 e. The number of H-pyrrole nitrogens is 1. The molecule has 0 radical (unpaired) electrons. The lowest BCUT2D eigenvalue weighted by Gasteiger charge is -2.23. The van der Waals surface area contributed by atoms with Gasteiger partial charge in [-0.2, -0.15) is 0 Å². The Morgan fingerprint density at radius 2 is 1.94 bits per heavy atom. The third-order valence-corrected chi connectivity index (χ3v) is 7.51. The van der Waals surface area contributed by atoms with Crippen molar-refractivity contribution in [2.24, 2.45) is 0 Å². The first-order valence-electron chi connectivity index (χ1n) is 12.0. The van der Waals surface area contributed by atoms with Crippen LogP contribution in [-0.4, -0.2) is 45.2 Å². The Morgan fingerprint density at radius 1 is 1.11 bits per heavy atom. The quantitative estimate of drug-likeness (QED) is 0.362. The minimum Gasteiger partial charge on any atom is -0.354 e. The summed E-state index contributed by atoms with van der Waals surface area (Å²) in [5.41, 5.74) is 5.28. The Kier molecular flexibility index (Phi) is 7.16. The zero-order valence-corrected chi connectivity index (χ0v) is 20.5. The van der Waals surface area contributed by atoms with Crippen LogP contribution in [-0.2, 0) is 17.8 Å². The van der Waals surface area contributed by atoms with Crippen molar-refractivity contribution in [1.29, 1.82) is 0 Å². The van der Waals surface area contributed by atoms with Crippen molar-refractivity contribution < 1.29 is 9.18 Å². The summed E-state index contributed by atoms with van der Waals surface area (Å²) in [6.45, 7) is 4.09. The fourth-order valence-electron chi connectivity index (χ4n) is 4.61. The van der Waals surface area contributed by atoms with Crippen LogP contribution in [0.2, 0.25) is 0 Å². The van der Waals surface area contributed by atoms with Crippen LogP contribution >= 0.6 is 11.8 Å². The summed E-state index contributed by atoms with van der Waals surface area (Å²) >= 11 is 1.71. The highest BCUT2D eigenvalue weighted by molar-refractivity contribution is 7.99. The minimum absolute atomic E-state index is 0.0289. The van der Waals surface area contributed by atoms with Crippen molar-refractivity contribution in [3.8, 4) is 0 Å². The molecule has 1 fully saturated rings. The number of aromatic nitrogens is 2. The number of rotatable bonds is 8. The number of halogens is 1. The predicted octanol–water partition coefficient (Wildman–Crippen LogP) is 5.10. The van der Waals surface area contributed by atoms with Crippen molar-refractivity contribution >= 4 is 28.7 Å². The lowest BCUT2D eigenvalue weighted by Crippen LogP contribution is -2.43. The molecule has 1 amide bonds. The number of hydrogen-bond acceptors (Lipinski definition) is 4. The van der Waals surface area contributed by atoms with Crippen molar-refractivity contribution in [1.82, 2.24) is 20.2 Å². The molecule has 5 nitrogen and oxygen atoms in total. The van der Waals surface area contributed by atoms with Gasteiger partial charge >= 0.3 is 0 Å². The fourth-order valence-corrected chi connectivity index (χ4v) is 5.79. The van der Waals surface area contributed by atoms with Gasteiger partial charge in [-0.1, -0.05) is 65.9 Å². The number of aryl methyl sites for hydroxylation is 1. The molecule has 1 aliphatic heterocycles. The molecule has 2 atom stereocenters. The molecule has 2 N–H and O–H groups in total. The molecule has 0 bridgehead atoms. The number of imidazole rings is 1. The Morgan fingerprint density at radius 3 is 2.74 bits per heavy atom. The number of para-hydroxylation sites is 2. The van der Waals surface area contributed by atoms with E-state index < -0.39 is 0 Å². The van der Waals surface area contributed by atoms with E-state index in [0.29, 0.717) is 13.0 Å². The minimum atomic E-state index is -0.251. The SMILES string of the molecule is Cc1ccc(CN2C[C@@H](Sc3nc4ccccc4[nH]3)C[C@H]2C(=O)NCCc2cccc(F)c2)cc1. The van der Waals surface area contributed by atoms with Crippen molar-refractivity contribution in [3.63, 3.8) is 0 Å². The van der Waals surface area contributed by atoms with E-state index >= 15 is 0 Å². The molecule has 1 aromatic heterocycles. The van der Waals surface area contributed by atoms with Gasteiger partial charge in [-0.3, -0.25) is 9.69 Å². The first-order chi connectivity index (χ1) is 17.0. The van der Waals surface area contributed by atoms with Gasteiger partial charge in [-0.15, -0.1) is 0 Å². The number of aromatic amines is 1. The van der Waals surface area contributed by atoms with Gasteiger partial charge in [0.2, 0.25) is 5.91 Å². The van der Waals surface area contributed by atoms with Crippen LogP contribution in [0.5, 0.6) is 0 Å². The molecule has 0 aliphatic carbocycles. The average molecular weight is 489 g/mol. The van der Waals surface area contributed by atoms with E-state index in [1.807, 2.05) is 30.3 Å². The summed E-state index contributed by atoms with van der Waals surface area (Å²) in [5, 5.41) is 4.23. The molecule has 0 unspecified atom stereocenters. The van der Waals surface area contributed by atoms with Crippen molar-refractivity contribution in [3.05, 3.63) is 95.3 Å². The Labute approximate surface area is 209 Å². The number of nitrogens with one attached hydrogen (secondary N) is 2. The highest BCUT2D eigenvalue weighted by atomic mass is 32.2. The maximum absolute atomic E-state index is 13.5. The second kappa shape index (κ2) is 10.6. The molecule has 1 aliphatic rings. The van der Waals surface area contributed by atoms with E-state index in [1.54, 1.807) is 17.8 Å². The monoisotopic (exact) mass is 488 g/mol. The standard InChI is InChI=1S/C28H29FN4OS/c1-19-9-11-21(12-10-19)17-33-18-23(35-28-31-24-7-2-3-8-25(24)32-28)16-26(33)27(34)30-14-13-20-5-4-6-22(29)15-20/h2-12,15,23,26H,13-14,16-18H2,1H3,(H,30,34)(H,31,32)/t23-,26-/m0/s1. The number of benzene rings is 3. The molecular formula is C28H29FN4OS. The summed E-state index contributed by atoms with van der Waals surface area (Å²) in [4.78, 5) is 23.6. The summed E-state index contributed by atoms with van der Waals surface area (Å²) in [6, 6.07) is 22.8. The highest BCUT2D eigenvalue weighted by Crippen LogP contribution is 2.33. The van der Waals surface area contributed by atoms with Gasteiger partial charge in [0.1, 0.15) is 5.82 Å². The molecule has 180 valence electrons. The van der Waals surface area contributed by atoms with Crippen LogP contribution in [0.15, 0.2) is 78.0 Å². The third kappa shape index (κ3) is 5.92. The molecule has 5 rings (SSSR count). The smallest absolute Gasteiger partial charge is 0.237 e. The molecule has 7 heteroatoms. The largest absolute Gasteiger partial charge is 0.354 e. The Hall–Kier alpha value is -3.16. The van der Waals surface area contributed by atoms with Crippen LogP contribution in [0.1, 0.15) is 23.1 Å². The fraction of sp³-hybridized carbons (Fsp3) is 0.286. The number of amides is 1. The van der Waals surface area contributed by atoms with Gasteiger partial charge in [0.25, 0.3) is 0 Å². The highest BCUT2D eigenvalue weighted by Gasteiger charge is 2.37. The second-order valence-electron chi connectivity index (χ2n) is 9.14. The van der Waals surface area contributed by atoms with Gasteiger partial charge < -0.3 is 10.3 Å². The number of thioether (sulfide) groups is 1. The summed E-state index contributed by atoms with van der Waals surface area (Å²) < 4.78 is 13.5. The van der Waals surface area contributed by atoms with Crippen LogP contribution in [0.4, 0.5) is 4.39 Å². The zero-order valence-electron chi connectivity index (χ0n) is 19.7. The van der Waals surface area contributed by atoms with Gasteiger partial charge in [-0.25, -0.2) is 9.37 Å². The molecule has 4 aromatic rings. The van der Waals surface area contributed by atoms with Crippen LogP contribution in [0, 0.1) is 12.7 Å². The molecule has 1 saturated heterocycles. The molecule has 35 heavy (non-hydrogen) atoms. The predicted molar refractivity (Wildman–Crippen MR) is 139 cm³/mol. The van der Waals surface area contributed by atoms with Gasteiger partial charge in [0, 0.05) is 24.9 Å². The van der Waals surface area contributed by atoms with E-state index in [0.717, 1.165) is 41.3 Å². The number of nitrogens with zero attached hydrogens (tertiary/aromatic N) is 2. The van der Waals surface area contributed by atoms with Crippen LogP contribution in [0.3, 0.4) is 0 Å². The number of carbonyl (C=O) groups excluding carboxylic acids is 1. The van der Waals surface area contributed by atoms with E-state index in [-0.39, 0.29) is 23.0 Å². The lowest BCUT2D eigenvalue weighted by atomic mass is 10.1. The van der Waals surface area contributed by atoms with E-state index in [1.165, 1.54) is 23.3 Å². The number of fused-ring (bicyclic) bond motifs is 1. The third-order valence-electron chi connectivity index (χ3n) is 6.42. The number of likely N-dealkylation sites (tertiary alicyclic amines) is 1. The van der Waals surface area contributed by atoms with Crippen molar-refractivity contribution in [2.45, 2.75) is 42.8 Å². The van der Waals surface area contributed by atoms with Crippen LogP contribution < -0.4 is 5.32 Å². The molecular weight excluding hydrogens is 459 g/mol. The van der Waals surface area contributed by atoms with Crippen LogP contribution in [0.25, 0.3) is 11.0 Å². The summed E-state index contributed by atoms with van der Waals surface area (Å²) in [7, 11) is 0. The summed E-state index contributed by atoms with van der Waals surface area (Å²) in [6.07, 6.45) is 1.35. The first kappa shape index (κ1) is 23.6. The summed E-state index contributed by atoms with van der Waals surface area (Å²) in [5.74, 6) is -0.222. The first-order valence-corrected chi connectivity index (χ1v) is 12.8. The van der Waals surface area contributed by atoms with Gasteiger partial charge in [0.05, 0.1) is 17.1 Å². The Bertz CT molecular complexity index is 1270. The number of hydrogen-bond donors (Lipinski definition) is 2.